The number of aromatic nitrogens is 2. The quantitative estimate of drug-likeness (QED) is 0.229. The van der Waals surface area contributed by atoms with Gasteiger partial charge in [-0.05, 0) is 50.2 Å². The van der Waals surface area contributed by atoms with Gasteiger partial charge >= 0.3 is 6.18 Å². The lowest BCUT2D eigenvalue weighted by molar-refractivity contribution is -0.143. The van der Waals surface area contributed by atoms with Crippen LogP contribution in [-0.2, 0) is 6.42 Å². The highest BCUT2D eigenvalue weighted by atomic mass is 127. The highest BCUT2D eigenvalue weighted by molar-refractivity contribution is 14.0. The second-order valence-electron chi connectivity index (χ2n) is 6.50. The Labute approximate surface area is 186 Å². The molecule has 0 aliphatic carbocycles. The Morgan fingerprint density at radius 1 is 1.17 bits per heavy atom. The third kappa shape index (κ3) is 9.97. The zero-order valence-electron chi connectivity index (χ0n) is 16.6. The number of benzene rings is 1. The minimum atomic E-state index is -4.16. The van der Waals surface area contributed by atoms with Crippen LogP contribution in [0.4, 0.5) is 13.2 Å². The maximum Gasteiger partial charge on any atom is 0.401 e. The van der Waals surface area contributed by atoms with Crippen LogP contribution in [0.15, 0.2) is 47.7 Å². The Morgan fingerprint density at radius 3 is 2.45 bits per heavy atom. The molecule has 2 aromatic rings. The molecular formula is C19H28F3IN6. The highest BCUT2D eigenvalue weighted by Gasteiger charge is 2.28. The van der Waals surface area contributed by atoms with E-state index >= 15 is 0 Å². The Balaban J connectivity index is 0.00000420. The molecular weight excluding hydrogens is 496 g/mol. The fraction of sp³-hybridized carbons (Fsp3) is 0.474. The lowest BCUT2D eigenvalue weighted by Gasteiger charge is -2.19. The molecule has 0 aliphatic heterocycles. The second-order valence-corrected chi connectivity index (χ2v) is 6.50. The first-order chi connectivity index (χ1) is 13.4. The molecule has 2 rings (SSSR count). The van der Waals surface area contributed by atoms with Crippen molar-refractivity contribution in [3.63, 3.8) is 0 Å². The van der Waals surface area contributed by atoms with Crippen LogP contribution in [0.1, 0.15) is 12.0 Å². The van der Waals surface area contributed by atoms with Crippen LogP contribution in [0.25, 0.3) is 5.69 Å². The van der Waals surface area contributed by atoms with Crippen molar-refractivity contribution in [1.82, 2.24) is 25.3 Å². The van der Waals surface area contributed by atoms with Crippen LogP contribution >= 0.6 is 24.0 Å². The number of nitrogens with one attached hydrogen (secondary N) is 2. The van der Waals surface area contributed by atoms with Gasteiger partial charge in [-0.25, -0.2) is 4.68 Å². The Kier molecular flexibility index (Phi) is 11.0. The summed E-state index contributed by atoms with van der Waals surface area (Å²) < 4.78 is 38.6. The van der Waals surface area contributed by atoms with Crippen molar-refractivity contribution in [2.75, 3.05) is 40.3 Å². The summed E-state index contributed by atoms with van der Waals surface area (Å²) in [4.78, 5) is 5.40. The zero-order chi connectivity index (χ0) is 20.4. The topological polar surface area (TPSA) is 57.5 Å². The van der Waals surface area contributed by atoms with Gasteiger partial charge in [0.2, 0.25) is 0 Å². The number of guanidine groups is 1. The first-order valence-electron chi connectivity index (χ1n) is 9.16. The van der Waals surface area contributed by atoms with Crippen LogP contribution in [0.3, 0.4) is 0 Å². The Bertz CT molecular complexity index is 717. The van der Waals surface area contributed by atoms with E-state index in [4.69, 9.17) is 0 Å². The van der Waals surface area contributed by atoms with Crippen LogP contribution in [0, 0.1) is 0 Å². The van der Waals surface area contributed by atoms with Crippen LogP contribution in [-0.4, -0.2) is 67.1 Å². The van der Waals surface area contributed by atoms with Crippen LogP contribution < -0.4 is 10.6 Å². The minimum absolute atomic E-state index is 0. The lowest BCUT2D eigenvalue weighted by Crippen LogP contribution is -2.40. The van der Waals surface area contributed by atoms with E-state index in [0.717, 1.165) is 12.1 Å². The molecule has 2 N–H and O–H groups in total. The van der Waals surface area contributed by atoms with Gasteiger partial charge in [-0.2, -0.15) is 18.3 Å². The third-order valence-electron chi connectivity index (χ3n) is 4.09. The molecule has 6 nitrogen and oxygen atoms in total. The third-order valence-corrected chi connectivity index (χ3v) is 4.09. The van der Waals surface area contributed by atoms with Crippen molar-refractivity contribution in [2.24, 2.45) is 4.99 Å². The van der Waals surface area contributed by atoms with E-state index in [1.807, 2.05) is 24.4 Å². The maximum atomic E-state index is 12.3. The first-order valence-corrected chi connectivity index (χ1v) is 9.16. The monoisotopic (exact) mass is 524 g/mol. The number of alkyl halides is 3. The van der Waals surface area contributed by atoms with Crippen molar-refractivity contribution in [1.29, 1.82) is 0 Å². The summed E-state index contributed by atoms with van der Waals surface area (Å²) in [7, 11) is 3.14. The predicted molar refractivity (Wildman–Crippen MR) is 120 cm³/mol. The van der Waals surface area contributed by atoms with Gasteiger partial charge in [-0.3, -0.25) is 9.89 Å². The van der Waals surface area contributed by atoms with E-state index in [-0.39, 0.29) is 24.0 Å². The summed E-state index contributed by atoms with van der Waals surface area (Å²) in [6.45, 7) is 0.737. The molecule has 0 spiro atoms. The average molecular weight is 524 g/mol. The molecule has 0 atom stereocenters. The molecule has 0 amide bonds. The summed E-state index contributed by atoms with van der Waals surface area (Å²) in [6.07, 6.45) is 0.908. The fourth-order valence-electron chi connectivity index (χ4n) is 2.72. The molecule has 1 aromatic carbocycles. The standard InChI is InChI=1S/C19H27F3N6.HI/c1-23-18(24-10-3-13-27(2)15-19(20,21)22)25-12-9-16-5-7-17(8-6-16)28-14-4-11-26-28;/h4-8,11,14H,3,9-10,12-13,15H2,1-2H3,(H2,23,24,25);1H. The number of nitrogens with zero attached hydrogens (tertiary/aromatic N) is 4. The number of rotatable bonds is 9. The summed E-state index contributed by atoms with van der Waals surface area (Å²) in [6, 6.07) is 10.0. The number of aliphatic imine (C=N–C) groups is 1. The fourth-order valence-corrected chi connectivity index (χ4v) is 2.72. The number of halogens is 4. The van der Waals surface area contributed by atoms with Crippen molar-refractivity contribution >= 4 is 29.9 Å². The largest absolute Gasteiger partial charge is 0.401 e. The van der Waals surface area contributed by atoms with Crippen molar-refractivity contribution in [3.8, 4) is 5.69 Å². The smallest absolute Gasteiger partial charge is 0.356 e. The second kappa shape index (κ2) is 12.7. The van der Waals surface area contributed by atoms with E-state index in [0.29, 0.717) is 32.0 Å². The summed E-state index contributed by atoms with van der Waals surface area (Å²) in [5.41, 5.74) is 2.20. The molecule has 0 radical (unpaired) electrons. The van der Waals surface area contributed by atoms with Crippen LogP contribution in [0.2, 0.25) is 0 Å². The van der Waals surface area contributed by atoms with E-state index in [1.165, 1.54) is 17.5 Å². The van der Waals surface area contributed by atoms with E-state index in [9.17, 15) is 13.2 Å². The molecule has 0 saturated heterocycles. The molecule has 0 fully saturated rings. The average Bonchev–Trinajstić information content (AvgIpc) is 3.17. The van der Waals surface area contributed by atoms with Gasteiger partial charge in [0.25, 0.3) is 0 Å². The highest BCUT2D eigenvalue weighted by Crippen LogP contribution is 2.15. The Morgan fingerprint density at radius 2 is 1.86 bits per heavy atom. The molecule has 10 heteroatoms. The van der Waals surface area contributed by atoms with Crippen molar-refractivity contribution in [3.05, 3.63) is 48.3 Å². The van der Waals surface area contributed by atoms with E-state index in [1.54, 1.807) is 17.9 Å². The van der Waals surface area contributed by atoms with E-state index in [2.05, 4.69) is 32.9 Å². The SMILES string of the molecule is CN=C(NCCCN(C)CC(F)(F)F)NCCc1ccc(-n2cccn2)cc1.I. The first kappa shape index (κ1) is 25.2. The van der Waals surface area contributed by atoms with Gasteiger partial charge in [0.05, 0.1) is 12.2 Å². The van der Waals surface area contributed by atoms with Gasteiger partial charge in [0, 0.05) is 32.5 Å². The number of hydrogen-bond donors (Lipinski definition) is 2. The van der Waals surface area contributed by atoms with Gasteiger partial charge < -0.3 is 10.6 Å². The molecule has 162 valence electrons. The zero-order valence-corrected chi connectivity index (χ0v) is 18.9. The molecule has 0 unspecified atom stereocenters. The molecule has 0 saturated carbocycles. The van der Waals surface area contributed by atoms with Gasteiger partial charge in [0.15, 0.2) is 5.96 Å². The molecule has 29 heavy (non-hydrogen) atoms. The summed E-state index contributed by atoms with van der Waals surface area (Å²) in [5.74, 6) is 0.645. The van der Waals surface area contributed by atoms with Crippen LogP contribution in [0.5, 0.6) is 0 Å². The summed E-state index contributed by atoms with van der Waals surface area (Å²) >= 11 is 0. The number of hydrogen-bond acceptors (Lipinski definition) is 3. The van der Waals surface area contributed by atoms with Gasteiger partial charge in [-0.15, -0.1) is 24.0 Å². The van der Waals surface area contributed by atoms with Gasteiger partial charge in [0.1, 0.15) is 0 Å². The normalized spacial score (nSPS) is 12.0. The minimum Gasteiger partial charge on any atom is -0.356 e. The predicted octanol–water partition coefficient (Wildman–Crippen LogP) is 3.08. The van der Waals surface area contributed by atoms with Crippen molar-refractivity contribution < 1.29 is 13.2 Å². The van der Waals surface area contributed by atoms with E-state index < -0.39 is 12.7 Å². The Hall–Kier alpha value is -1.82. The summed E-state index contributed by atoms with van der Waals surface area (Å²) in [5, 5.41) is 10.5. The van der Waals surface area contributed by atoms with Gasteiger partial charge in [-0.1, -0.05) is 12.1 Å². The lowest BCUT2D eigenvalue weighted by atomic mass is 10.1. The maximum absolute atomic E-state index is 12.3. The van der Waals surface area contributed by atoms with Crippen molar-refractivity contribution in [2.45, 2.75) is 19.0 Å². The molecule has 1 heterocycles. The molecule has 0 aliphatic rings. The molecule has 0 bridgehead atoms. The molecule has 1 aromatic heterocycles.